The first kappa shape index (κ1) is 6.94. The van der Waals surface area contributed by atoms with Crippen LogP contribution in [-0.2, 0) is 4.79 Å². The first-order valence-corrected chi connectivity index (χ1v) is 2.01. The zero-order chi connectivity index (χ0) is 6.57. The number of carbonyl (C=O) groups excluding carboxylic acids is 1. The molecule has 0 aromatic rings. The molecule has 0 saturated heterocycles. The summed E-state index contributed by atoms with van der Waals surface area (Å²) >= 11 is 0. The molecule has 0 aliphatic rings. The van der Waals surface area contributed by atoms with Gasteiger partial charge in [0.2, 0.25) is 5.83 Å². The largest absolute Gasteiger partial charge is 0.391 e. The second-order valence-corrected chi connectivity index (χ2v) is 1.15. The van der Waals surface area contributed by atoms with Crippen molar-refractivity contribution in [1.82, 2.24) is 5.32 Å². The third-order valence-electron chi connectivity index (χ3n) is 0.506. The molecule has 0 aliphatic carbocycles. The Kier molecular flexibility index (Phi) is 2.61. The van der Waals surface area contributed by atoms with Crippen LogP contribution in [-0.4, -0.2) is 13.0 Å². The number of hydrogen-bond acceptors (Lipinski definition) is 2. The fourth-order valence-corrected chi connectivity index (χ4v) is 0.198. The number of primary amides is 1. The van der Waals surface area contributed by atoms with Crippen LogP contribution in [0.3, 0.4) is 0 Å². The normalized spacial score (nSPS) is 11.0. The van der Waals surface area contributed by atoms with E-state index in [-0.39, 0.29) is 0 Å². The van der Waals surface area contributed by atoms with Crippen molar-refractivity contribution in [2.24, 2.45) is 5.73 Å². The van der Waals surface area contributed by atoms with Crippen molar-refractivity contribution in [3.05, 3.63) is 12.0 Å². The van der Waals surface area contributed by atoms with Gasteiger partial charge >= 0.3 is 0 Å². The minimum Gasteiger partial charge on any atom is -0.391 e. The van der Waals surface area contributed by atoms with Gasteiger partial charge < -0.3 is 11.1 Å². The quantitative estimate of drug-likeness (QED) is 0.480. The maximum absolute atomic E-state index is 11.8. The van der Waals surface area contributed by atoms with E-state index in [1.54, 1.807) is 0 Å². The summed E-state index contributed by atoms with van der Waals surface area (Å²) in [5.74, 6) is -2.02. The average molecular weight is 118 g/mol. The number of nitrogens with two attached hydrogens (primary N) is 1. The van der Waals surface area contributed by atoms with Crippen molar-refractivity contribution < 1.29 is 9.18 Å². The highest BCUT2D eigenvalue weighted by molar-refractivity contribution is 5.89. The van der Waals surface area contributed by atoms with E-state index in [4.69, 9.17) is 0 Å². The number of rotatable bonds is 2. The second kappa shape index (κ2) is 3.01. The van der Waals surface area contributed by atoms with Gasteiger partial charge in [0.1, 0.15) is 0 Å². The molecule has 0 atom stereocenters. The Balaban J connectivity index is 3.80. The first-order chi connectivity index (χ1) is 3.68. The molecule has 0 heterocycles. The molecule has 46 valence electrons. The van der Waals surface area contributed by atoms with Gasteiger partial charge in [0.05, 0.1) is 0 Å². The zero-order valence-electron chi connectivity index (χ0n) is 4.44. The minimum absolute atomic E-state index is 0.891. The van der Waals surface area contributed by atoms with Crippen molar-refractivity contribution in [3.63, 3.8) is 0 Å². The Morgan fingerprint density at radius 3 is 2.50 bits per heavy atom. The van der Waals surface area contributed by atoms with E-state index in [2.05, 4.69) is 11.1 Å². The van der Waals surface area contributed by atoms with E-state index >= 15 is 0 Å². The molecule has 8 heavy (non-hydrogen) atoms. The monoisotopic (exact) mass is 118 g/mol. The van der Waals surface area contributed by atoms with Gasteiger partial charge in [0, 0.05) is 13.2 Å². The highest BCUT2D eigenvalue weighted by atomic mass is 19.1. The topological polar surface area (TPSA) is 55.1 Å². The molecular weight excluding hydrogens is 111 g/mol. The van der Waals surface area contributed by atoms with Crippen LogP contribution in [0.2, 0.25) is 0 Å². The molecule has 1 amide bonds. The van der Waals surface area contributed by atoms with Crippen LogP contribution >= 0.6 is 0 Å². The van der Waals surface area contributed by atoms with E-state index in [0.29, 0.717) is 0 Å². The van der Waals surface area contributed by atoms with Crippen LogP contribution in [0.15, 0.2) is 12.0 Å². The molecule has 0 spiro atoms. The van der Waals surface area contributed by atoms with E-state index in [9.17, 15) is 9.18 Å². The minimum atomic E-state index is -1.06. The lowest BCUT2D eigenvalue weighted by Crippen LogP contribution is -2.12. The summed E-state index contributed by atoms with van der Waals surface area (Å²) < 4.78 is 11.8. The summed E-state index contributed by atoms with van der Waals surface area (Å²) in [6.07, 6.45) is 0.891. The number of halogens is 1. The van der Waals surface area contributed by atoms with Crippen LogP contribution in [0.1, 0.15) is 0 Å². The Morgan fingerprint density at radius 2 is 2.38 bits per heavy atom. The summed E-state index contributed by atoms with van der Waals surface area (Å²) in [6.45, 7) is 0. The molecular formula is C4H7FN2O. The Hall–Kier alpha value is -1.06. The standard InChI is InChI=1S/C4H7FN2O/c1-7-2-3(5)4(6)8/h2,7H,1H3,(H2,6,8)/b3-2+. The lowest BCUT2D eigenvalue weighted by atomic mass is 10.5. The number of hydrogen-bond donors (Lipinski definition) is 2. The lowest BCUT2D eigenvalue weighted by molar-refractivity contribution is -0.115. The van der Waals surface area contributed by atoms with Gasteiger partial charge in [-0.2, -0.15) is 4.39 Å². The summed E-state index contributed by atoms with van der Waals surface area (Å²) in [5.41, 5.74) is 4.50. The predicted octanol–water partition coefficient (Wildman–Crippen LogP) is -0.498. The van der Waals surface area contributed by atoms with Gasteiger partial charge in [-0.3, -0.25) is 4.79 Å². The maximum atomic E-state index is 11.8. The highest BCUT2D eigenvalue weighted by Gasteiger charge is 1.98. The molecule has 0 fully saturated rings. The van der Waals surface area contributed by atoms with Crippen molar-refractivity contribution in [1.29, 1.82) is 0 Å². The molecule has 0 aromatic heterocycles. The van der Waals surface area contributed by atoms with Crippen molar-refractivity contribution >= 4 is 5.91 Å². The maximum Gasteiger partial charge on any atom is 0.278 e. The van der Waals surface area contributed by atoms with Gasteiger partial charge in [0.25, 0.3) is 5.91 Å². The number of carbonyl (C=O) groups is 1. The van der Waals surface area contributed by atoms with Crippen molar-refractivity contribution in [3.8, 4) is 0 Å². The van der Waals surface area contributed by atoms with E-state index < -0.39 is 11.7 Å². The Labute approximate surface area is 46.4 Å². The summed E-state index contributed by atoms with van der Waals surface area (Å²) in [7, 11) is 1.47. The van der Waals surface area contributed by atoms with Crippen LogP contribution in [0, 0.1) is 0 Å². The molecule has 0 rings (SSSR count). The smallest absolute Gasteiger partial charge is 0.278 e. The molecule has 0 aliphatic heterocycles. The summed E-state index contributed by atoms with van der Waals surface area (Å²) in [5, 5.41) is 2.31. The van der Waals surface area contributed by atoms with Crippen LogP contribution in [0.5, 0.6) is 0 Å². The number of amides is 1. The molecule has 0 bridgehead atoms. The van der Waals surface area contributed by atoms with Gasteiger partial charge in [-0.05, 0) is 0 Å². The van der Waals surface area contributed by atoms with Crippen LogP contribution < -0.4 is 11.1 Å². The third-order valence-corrected chi connectivity index (χ3v) is 0.506. The average Bonchev–Trinajstić information content (AvgIpc) is 1.67. The third kappa shape index (κ3) is 2.17. The van der Waals surface area contributed by atoms with Gasteiger partial charge in [-0.1, -0.05) is 0 Å². The SMILES string of the molecule is CN/C=C(/F)C(N)=O. The molecule has 3 nitrogen and oxygen atoms in total. The second-order valence-electron chi connectivity index (χ2n) is 1.15. The molecule has 3 N–H and O–H groups in total. The summed E-state index contributed by atoms with van der Waals surface area (Å²) in [6, 6.07) is 0. The van der Waals surface area contributed by atoms with Crippen molar-refractivity contribution in [2.45, 2.75) is 0 Å². The molecule has 0 saturated carbocycles. The van der Waals surface area contributed by atoms with Crippen LogP contribution in [0.25, 0.3) is 0 Å². The Bertz CT molecular complexity index is 121. The fourth-order valence-electron chi connectivity index (χ4n) is 0.198. The first-order valence-electron chi connectivity index (χ1n) is 2.01. The molecule has 0 radical (unpaired) electrons. The van der Waals surface area contributed by atoms with E-state index in [1.807, 2.05) is 0 Å². The lowest BCUT2D eigenvalue weighted by Gasteiger charge is -1.86. The molecule has 0 unspecified atom stereocenters. The Morgan fingerprint density at radius 1 is 1.88 bits per heavy atom. The van der Waals surface area contributed by atoms with Gasteiger partial charge in [0.15, 0.2) is 0 Å². The zero-order valence-corrected chi connectivity index (χ0v) is 4.44. The highest BCUT2D eigenvalue weighted by Crippen LogP contribution is 1.88. The van der Waals surface area contributed by atoms with Crippen molar-refractivity contribution in [2.75, 3.05) is 7.05 Å². The van der Waals surface area contributed by atoms with Gasteiger partial charge in [-0.25, -0.2) is 0 Å². The number of nitrogens with one attached hydrogen (secondary N) is 1. The molecule has 4 heteroatoms. The molecule has 0 aromatic carbocycles. The predicted molar refractivity (Wildman–Crippen MR) is 27.4 cm³/mol. The van der Waals surface area contributed by atoms with E-state index in [0.717, 1.165) is 6.20 Å². The summed E-state index contributed by atoms with van der Waals surface area (Å²) in [4.78, 5) is 9.83. The fraction of sp³-hybridized carbons (Fsp3) is 0.250. The van der Waals surface area contributed by atoms with Gasteiger partial charge in [-0.15, -0.1) is 0 Å². The van der Waals surface area contributed by atoms with E-state index in [1.165, 1.54) is 7.05 Å². The van der Waals surface area contributed by atoms with Crippen LogP contribution in [0.4, 0.5) is 4.39 Å².